The molecule has 0 amide bonds. The zero-order valence-electron chi connectivity index (χ0n) is 6.76. The predicted octanol–water partition coefficient (Wildman–Crippen LogP) is 2.34. The minimum Gasteiger partial charge on any atom is -0.507 e. The number of carbonyl (C=O) groups excluding carboxylic acids is 1. The van der Waals surface area contributed by atoms with E-state index >= 15 is 0 Å². The smallest absolute Gasteiger partial charge is 0.167 e. The van der Waals surface area contributed by atoms with Gasteiger partial charge in [0, 0.05) is 18.4 Å². The summed E-state index contributed by atoms with van der Waals surface area (Å²) in [5.41, 5.74) is 0.113. The monoisotopic (exact) mass is 202 g/mol. The van der Waals surface area contributed by atoms with Crippen molar-refractivity contribution >= 4 is 17.4 Å². The number of benzene rings is 1. The summed E-state index contributed by atoms with van der Waals surface area (Å²) in [6.07, 6.45) is 0.140. The first kappa shape index (κ1) is 9.99. The second-order valence-corrected chi connectivity index (χ2v) is 2.90. The quantitative estimate of drug-likeness (QED) is 0.604. The number of hydrogen-bond donors (Lipinski definition) is 1. The average molecular weight is 203 g/mol. The molecule has 0 heterocycles. The minimum absolute atomic E-state index is 0.113. The van der Waals surface area contributed by atoms with Crippen molar-refractivity contribution in [3.05, 3.63) is 29.6 Å². The molecule has 0 radical (unpaired) electrons. The van der Waals surface area contributed by atoms with Gasteiger partial charge in [0.2, 0.25) is 0 Å². The molecular formula is C9H8ClFO2. The fraction of sp³-hybridized carbons (Fsp3) is 0.222. The van der Waals surface area contributed by atoms with Crippen LogP contribution in [0.5, 0.6) is 5.75 Å². The molecule has 0 saturated heterocycles. The van der Waals surface area contributed by atoms with Crippen molar-refractivity contribution in [2.24, 2.45) is 0 Å². The van der Waals surface area contributed by atoms with Crippen molar-refractivity contribution in [3.63, 3.8) is 0 Å². The number of phenols is 1. The molecule has 0 saturated carbocycles. The minimum atomic E-state index is -0.570. The Balaban J connectivity index is 2.95. The van der Waals surface area contributed by atoms with Crippen LogP contribution in [-0.2, 0) is 0 Å². The highest BCUT2D eigenvalue weighted by molar-refractivity contribution is 6.19. The lowest BCUT2D eigenvalue weighted by Crippen LogP contribution is -2.00. The van der Waals surface area contributed by atoms with Gasteiger partial charge < -0.3 is 5.11 Å². The molecule has 13 heavy (non-hydrogen) atoms. The Hall–Kier alpha value is -1.09. The highest BCUT2D eigenvalue weighted by Crippen LogP contribution is 2.19. The molecule has 1 rings (SSSR count). The summed E-state index contributed by atoms with van der Waals surface area (Å²) in [5, 5.41) is 9.18. The van der Waals surface area contributed by atoms with E-state index in [-0.39, 0.29) is 29.4 Å². The van der Waals surface area contributed by atoms with Crippen molar-refractivity contribution < 1.29 is 14.3 Å². The van der Waals surface area contributed by atoms with Crippen molar-refractivity contribution in [2.75, 3.05) is 5.88 Å². The molecule has 1 aromatic rings. The molecule has 0 aromatic heterocycles. The Morgan fingerprint density at radius 3 is 2.77 bits per heavy atom. The molecular weight excluding hydrogens is 195 g/mol. The van der Waals surface area contributed by atoms with Gasteiger partial charge >= 0.3 is 0 Å². The van der Waals surface area contributed by atoms with Gasteiger partial charge in [-0.05, 0) is 12.1 Å². The Kier molecular flexibility index (Phi) is 3.25. The molecule has 70 valence electrons. The number of ketones is 1. The van der Waals surface area contributed by atoms with Crippen LogP contribution in [0.25, 0.3) is 0 Å². The van der Waals surface area contributed by atoms with Crippen LogP contribution in [0.2, 0.25) is 0 Å². The first-order valence-corrected chi connectivity index (χ1v) is 4.26. The van der Waals surface area contributed by atoms with E-state index < -0.39 is 5.82 Å². The first-order valence-electron chi connectivity index (χ1n) is 3.73. The highest BCUT2D eigenvalue weighted by Gasteiger charge is 2.10. The van der Waals surface area contributed by atoms with Gasteiger partial charge in [-0.1, -0.05) is 0 Å². The number of rotatable bonds is 3. The molecule has 0 atom stereocenters. The number of hydrogen-bond acceptors (Lipinski definition) is 2. The van der Waals surface area contributed by atoms with Crippen LogP contribution in [0, 0.1) is 5.82 Å². The number of phenolic OH excluding ortho intramolecular Hbond substituents is 1. The van der Waals surface area contributed by atoms with E-state index in [1.54, 1.807) is 0 Å². The van der Waals surface area contributed by atoms with E-state index in [0.717, 1.165) is 12.1 Å². The maximum absolute atomic E-state index is 12.5. The number of halogens is 2. The van der Waals surface area contributed by atoms with Gasteiger partial charge in [0.05, 0.1) is 5.56 Å². The Morgan fingerprint density at radius 2 is 2.23 bits per heavy atom. The first-order chi connectivity index (χ1) is 6.15. The van der Waals surface area contributed by atoms with E-state index in [0.29, 0.717) is 0 Å². The summed E-state index contributed by atoms with van der Waals surface area (Å²) in [4.78, 5) is 11.2. The summed E-state index contributed by atoms with van der Waals surface area (Å²) in [6, 6.07) is 3.28. The normalized spacial score (nSPS) is 10.0. The maximum Gasteiger partial charge on any atom is 0.167 e. The van der Waals surface area contributed by atoms with E-state index in [9.17, 15) is 14.3 Å². The van der Waals surface area contributed by atoms with Crippen molar-refractivity contribution in [2.45, 2.75) is 6.42 Å². The second-order valence-electron chi connectivity index (χ2n) is 2.52. The molecule has 4 heteroatoms. The fourth-order valence-corrected chi connectivity index (χ4v) is 1.13. The van der Waals surface area contributed by atoms with Crippen LogP contribution in [-0.4, -0.2) is 16.8 Å². The van der Waals surface area contributed by atoms with Gasteiger partial charge in [-0.3, -0.25) is 4.79 Å². The zero-order chi connectivity index (χ0) is 9.84. The number of aromatic hydroxyl groups is 1. The topological polar surface area (TPSA) is 37.3 Å². The summed E-state index contributed by atoms with van der Waals surface area (Å²) in [5.74, 6) is -1.00. The standard InChI is InChI=1S/C9H8ClFO2/c10-4-3-8(12)7-2-1-6(11)5-9(7)13/h1-2,5,13H,3-4H2. The van der Waals surface area contributed by atoms with Gasteiger partial charge in [0.1, 0.15) is 11.6 Å². The molecule has 0 bridgehead atoms. The van der Waals surface area contributed by atoms with Gasteiger partial charge in [0.15, 0.2) is 5.78 Å². The fourth-order valence-electron chi connectivity index (χ4n) is 0.961. The molecule has 1 N–H and O–H groups in total. The summed E-state index contributed by atoms with van der Waals surface area (Å²) >= 11 is 5.35. The molecule has 0 aliphatic heterocycles. The third kappa shape index (κ3) is 2.42. The number of alkyl halides is 1. The van der Waals surface area contributed by atoms with Gasteiger partial charge in [-0.15, -0.1) is 11.6 Å². The zero-order valence-corrected chi connectivity index (χ0v) is 7.51. The van der Waals surface area contributed by atoms with Crippen LogP contribution in [0.4, 0.5) is 4.39 Å². The third-order valence-corrected chi connectivity index (χ3v) is 1.77. The van der Waals surface area contributed by atoms with Crippen molar-refractivity contribution in [1.29, 1.82) is 0 Å². The number of Topliss-reactive ketones (excluding diaryl/α,β-unsaturated/α-hetero) is 1. The Labute approximate surface area is 80.0 Å². The average Bonchev–Trinajstić information content (AvgIpc) is 2.04. The lowest BCUT2D eigenvalue weighted by Gasteiger charge is -2.01. The SMILES string of the molecule is O=C(CCCl)c1ccc(F)cc1O. The van der Waals surface area contributed by atoms with Crippen LogP contribution in [0.3, 0.4) is 0 Å². The van der Waals surface area contributed by atoms with Gasteiger partial charge in [-0.2, -0.15) is 0 Å². The lowest BCUT2D eigenvalue weighted by atomic mass is 10.1. The number of carbonyl (C=O) groups is 1. The van der Waals surface area contributed by atoms with E-state index in [1.807, 2.05) is 0 Å². The third-order valence-electron chi connectivity index (χ3n) is 1.58. The van der Waals surface area contributed by atoms with Crippen LogP contribution < -0.4 is 0 Å². The molecule has 0 spiro atoms. The molecule has 1 aromatic carbocycles. The van der Waals surface area contributed by atoms with Crippen molar-refractivity contribution in [1.82, 2.24) is 0 Å². The molecule has 0 unspecified atom stereocenters. The maximum atomic E-state index is 12.5. The van der Waals surface area contributed by atoms with E-state index in [2.05, 4.69) is 0 Å². The van der Waals surface area contributed by atoms with E-state index in [1.165, 1.54) is 6.07 Å². The van der Waals surface area contributed by atoms with Crippen LogP contribution in [0.15, 0.2) is 18.2 Å². The largest absolute Gasteiger partial charge is 0.507 e. The van der Waals surface area contributed by atoms with Crippen molar-refractivity contribution in [3.8, 4) is 5.75 Å². The molecule has 0 aliphatic carbocycles. The van der Waals surface area contributed by atoms with Gasteiger partial charge in [-0.25, -0.2) is 4.39 Å². The second kappa shape index (κ2) is 4.23. The molecule has 0 aliphatic rings. The van der Waals surface area contributed by atoms with Gasteiger partial charge in [0.25, 0.3) is 0 Å². The van der Waals surface area contributed by atoms with Crippen LogP contribution >= 0.6 is 11.6 Å². The lowest BCUT2D eigenvalue weighted by molar-refractivity contribution is 0.0986. The Morgan fingerprint density at radius 1 is 1.54 bits per heavy atom. The summed E-state index contributed by atoms with van der Waals surface area (Å²) < 4.78 is 12.5. The summed E-state index contributed by atoms with van der Waals surface area (Å²) in [7, 11) is 0. The van der Waals surface area contributed by atoms with Crippen LogP contribution in [0.1, 0.15) is 16.8 Å². The molecule has 2 nitrogen and oxygen atoms in total. The summed E-state index contributed by atoms with van der Waals surface area (Å²) in [6.45, 7) is 0. The Bertz CT molecular complexity index is 325. The highest BCUT2D eigenvalue weighted by atomic mass is 35.5. The predicted molar refractivity (Wildman–Crippen MR) is 47.7 cm³/mol. The van der Waals surface area contributed by atoms with E-state index in [4.69, 9.17) is 11.6 Å². The molecule has 0 fully saturated rings.